The number of hydrogen-bond donors (Lipinski definition) is 0. The summed E-state index contributed by atoms with van der Waals surface area (Å²) in [7, 11) is 0.157. The van der Waals surface area contributed by atoms with Crippen molar-refractivity contribution in [3.63, 3.8) is 0 Å². The first-order chi connectivity index (χ1) is 12.6. The number of halogens is 2. The van der Waals surface area contributed by atoms with E-state index in [4.69, 9.17) is 0 Å². The Kier molecular flexibility index (Phi) is 15.9. The molecule has 4 rings (SSSR count). The molecule has 0 unspecified atom stereocenters. The third kappa shape index (κ3) is 7.97. The van der Waals surface area contributed by atoms with Crippen LogP contribution in [0, 0.1) is 38.5 Å². The maximum Gasteiger partial charge on any atom is 2.00 e. The summed E-state index contributed by atoms with van der Waals surface area (Å²) < 4.78 is 0. The molecular weight excluding hydrogens is 522 g/mol. The van der Waals surface area contributed by atoms with Gasteiger partial charge in [-0.3, -0.25) is 0 Å². The van der Waals surface area contributed by atoms with Gasteiger partial charge in [0.1, 0.15) is 0 Å². The minimum atomic E-state index is 0. The van der Waals surface area contributed by atoms with E-state index in [0.29, 0.717) is 0 Å². The summed E-state index contributed by atoms with van der Waals surface area (Å²) >= 11 is 0. The average molecular weight is 556 g/mol. The molecular formula is C24H34Cl2P2Ru. The van der Waals surface area contributed by atoms with Crippen LogP contribution in [0.4, 0.5) is 0 Å². The largest absolute Gasteiger partial charge is 2.00 e. The van der Waals surface area contributed by atoms with E-state index >= 15 is 0 Å². The third-order valence-electron chi connectivity index (χ3n) is 6.01. The van der Waals surface area contributed by atoms with Crippen molar-refractivity contribution in [2.45, 2.75) is 76.0 Å². The second kappa shape index (κ2) is 15.2. The Morgan fingerprint density at radius 3 is 1.03 bits per heavy atom. The van der Waals surface area contributed by atoms with Crippen LogP contribution < -0.4 is 35.4 Å². The number of hydrogen-bond acceptors (Lipinski definition) is 0. The molecule has 1 aliphatic carbocycles. The van der Waals surface area contributed by atoms with Gasteiger partial charge in [0.2, 0.25) is 0 Å². The van der Waals surface area contributed by atoms with Crippen LogP contribution in [0.2, 0.25) is 0 Å². The maximum absolute atomic E-state index is 2.50. The molecule has 0 aromatic heterocycles. The SMILES string of the molecule is C[C@@H]1CC[C@@H](C)P1c1ccccc1P1[C@H](C)CC[C@H]1C.[CH]1[CH][CH][CH][CH][CH]1.[Cl-].[Cl-].[Ru+2]. The molecule has 0 nitrogen and oxygen atoms in total. The molecule has 5 heteroatoms. The van der Waals surface area contributed by atoms with E-state index < -0.39 is 0 Å². The molecule has 0 N–H and O–H groups in total. The van der Waals surface area contributed by atoms with Crippen molar-refractivity contribution >= 4 is 26.5 Å². The monoisotopic (exact) mass is 556 g/mol. The molecule has 0 amide bonds. The second-order valence-corrected chi connectivity index (χ2v) is 14.1. The van der Waals surface area contributed by atoms with Crippen LogP contribution in [0.25, 0.3) is 0 Å². The van der Waals surface area contributed by atoms with Crippen molar-refractivity contribution in [3.8, 4) is 0 Å². The Morgan fingerprint density at radius 2 is 0.793 bits per heavy atom. The van der Waals surface area contributed by atoms with Crippen LogP contribution in [0.3, 0.4) is 0 Å². The molecule has 162 valence electrons. The van der Waals surface area contributed by atoms with Crippen molar-refractivity contribution in [2.75, 3.05) is 0 Å². The molecule has 1 saturated carbocycles. The van der Waals surface area contributed by atoms with Crippen molar-refractivity contribution in [1.82, 2.24) is 0 Å². The molecule has 3 fully saturated rings. The molecule has 2 heterocycles. The zero-order valence-electron chi connectivity index (χ0n) is 17.9. The van der Waals surface area contributed by atoms with Crippen molar-refractivity contribution in [1.29, 1.82) is 0 Å². The molecule has 29 heavy (non-hydrogen) atoms. The van der Waals surface area contributed by atoms with Gasteiger partial charge in [0.25, 0.3) is 0 Å². The predicted molar refractivity (Wildman–Crippen MR) is 122 cm³/mol. The van der Waals surface area contributed by atoms with E-state index in [1.807, 2.05) is 38.5 Å². The molecule has 6 radical (unpaired) electrons. The van der Waals surface area contributed by atoms with E-state index in [2.05, 4.69) is 52.0 Å². The molecule has 2 aliphatic heterocycles. The van der Waals surface area contributed by atoms with Crippen LogP contribution in [0.5, 0.6) is 0 Å². The standard InChI is InChI=1S/C18H28P2.C6H6.2ClH.Ru/c1-13-9-10-14(2)19(13)17-7-5-6-8-18(17)20-15(3)11-12-16(20)4;1-2-4-6-5-3-1;;;/h5-8,13-16H,9-12H2,1-4H3;1-6H;2*1H;/q;;;;+2/p-2/t13-,14-,15-,16-;;;;/m1..../s1. The topological polar surface area (TPSA) is 0 Å². The van der Waals surface area contributed by atoms with E-state index in [1.165, 1.54) is 25.7 Å². The minimum absolute atomic E-state index is 0. The van der Waals surface area contributed by atoms with E-state index in [0.717, 1.165) is 22.6 Å². The Balaban J connectivity index is 0.000000757. The van der Waals surface area contributed by atoms with Gasteiger partial charge in [-0.05, 0) is 97.5 Å². The Morgan fingerprint density at radius 1 is 0.552 bits per heavy atom. The smallest absolute Gasteiger partial charge is 1.00 e. The van der Waals surface area contributed by atoms with E-state index in [1.54, 1.807) is 10.6 Å². The van der Waals surface area contributed by atoms with Crippen LogP contribution in [-0.4, -0.2) is 22.6 Å². The summed E-state index contributed by atoms with van der Waals surface area (Å²) in [6, 6.07) is 9.55. The van der Waals surface area contributed by atoms with Gasteiger partial charge >= 0.3 is 19.5 Å². The fourth-order valence-corrected chi connectivity index (χ4v) is 11.9. The molecule has 3 aliphatic rings. The van der Waals surface area contributed by atoms with Crippen LogP contribution in [-0.2, 0) is 19.5 Å². The number of benzene rings is 1. The zero-order chi connectivity index (χ0) is 18.5. The van der Waals surface area contributed by atoms with Gasteiger partial charge in [0.05, 0.1) is 0 Å². The van der Waals surface area contributed by atoms with Gasteiger partial charge in [0, 0.05) is 0 Å². The first kappa shape index (κ1) is 30.3. The molecule has 0 bridgehead atoms. The van der Waals surface area contributed by atoms with Crippen LogP contribution >= 0.6 is 15.8 Å². The van der Waals surface area contributed by atoms with Crippen LogP contribution in [0.1, 0.15) is 53.4 Å². The van der Waals surface area contributed by atoms with Crippen molar-refractivity contribution < 1.29 is 44.3 Å². The summed E-state index contributed by atoms with van der Waals surface area (Å²) in [6.07, 6.45) is 17.8. The quantitative estimate of drug-likeness (QED) is 0.363. The molecule has 4 atom stereocenters. The van der Waals surface area contributed by atoms with Crippen LogP contribution in [0.15, 0.2) is 24.3 Å². The zero-order valence-corrected chi connectivity index (χ0v) is 23.0. The van der Waals surface area contributed by atoms with E-state index in [-0.39, 0.29) is 60.1 Å². The minimum Gasteiger partial charge on any atom is -1.00 e. The van der Waals surface area contributed by atoms with Crippen molar-refractivity contribution in [2.24, 2.45) is 0 Å². The fraction of sp³-hybridized carbons (Fsp3) is 0.500. The maximum atomic E-state index is 2.50. The predicted octanol–water partition coefficient (Wildman–Crippen LogP) is 0.274. The Hall–Kier alpha value is 1.28. The summed E-state index contributed by atoms with van der Waals surface area (Å²) in [6.45, 7) is 10.0. The number of rotatable bonds is 2. The first-order valence-corrected chi connectivity index (χ1v) is 13.2. The summed E-state index contributed by atoms with van der Waals surface area (Å²) in [5.74, 6) is 0. The van der Waals surface area contributed by atoms with Gasteiger partial charge < -0.3 is 24.8 Å². The summed E-state index contributed by atoms with van der Waals surface area (Å²) in [5.41, 5.74) is 3.74. The van der Waals surface area contributed by atoms with E-state index in [9.17, 15) is 0 Å². The Labute approximate surface area is 208 Å². The van der Waals surface area contributed by atoms with Gasteiger partial charge in [-0.15, -0.1) is 0 Å². The normalized spacial score (nSPS) is 29.7. The Bertz CT molecular complexity index is 493. The summed E-state index contributed by atoms with van der Waals surface area (Å²) in [5, 5.41) is 3.57. The van der Waals surface area contributed by atoms with Gasteiger partial charge in [-0.1, -0.05) is 67.8 Å². The third-order valence-corrected chi connectivity index (χ3v) is 12.9. The fourth-order valence-electron chi connectivity index (χ4n) is 4.63. The first-order valence-electron chi connectivity index (χ1n) is 10.2. The average Bonchev–Trinajstić information content (AvgIpc) is 3.18. The molecule has 2 saturated heterocycles. The molecule has 1 aromatic carbocycles. The van der Waals surface area contributed by atoms with Gasteiger partial charge in [0.15, 0.2) is 0 Å². The van der Waals surface area contributed by atoms with Gasteiger partial charge in [-0.2, -0.15) is 0 Å². The molecule has 1 aromatic rings. The van der Waals surface area contributed by atoms with Crippen molar-refractivity contribution in [3.05, 3.63) is 62.8 Å². The second-order valence-electron chi connectivity index (χ2n) is 8.01. The van der Waals surface area contributed by atoms with Gasteiger partial charge in [-0.25, -0.2) is 0 Å². The molecule has 0 spiro atoms. The summed E-state index contributed by atoms with van der Waals surface area (Å²) in [4.78, 5) is 0.